The Morgan fingerprint density at radius 3 is 2.52 bits per heavy atom. The van der Waals surface area contributed by atoms with Crippen LogP contribution in [0.15, 0.2) is 41.2 Å². The van der Waals surface area contributed by atoms with Crippen LogP contribution in [0.3, 0.4) is 0 Å². The molecule has 0 spiro atoms. The van der Waals surface area contributed by atoms with E-state index in [9.17, 15) is 4.79 Å². The fourth-order valence-electron chi connectivity index (χ4n) is 2.42. The van der Waals surface area contributed by atoms with Gasteiger partial charge in [-0.05, 0) is 24.1 Å². The highest BCUT2D eigenvalue weighted by molar-refractivity contribution is 5.67. The first-order chi connectivity index (χ1) is 10.1. The Labute approximate surface area is 125 Å². The highest BCUT2D eigenvalue weighted by Crippen LogP contribution is 2.29. The number of hydrogen-bond donors (Lipinski definition) is 1. The smallest absolute Gasteiger partial charge is 0.255 e. The lowest BCUT2D eigenvalue weighted by atomic mass is 10.1. The monoisotopic (exact) mass is 286 g/mol. The summed E-state index contributed by atoms with van der Waals surface area (Å²) in [4.78, 5) is 12.6. The Morgan fingerprint density at radius 2 is 1.90 bits per heavy atom. The molecule has 0 saturated carbocycles. The molecule has 0 atom stereocenters. The van der Waals surface area contributed by atoms with E-state index in [4.69, 9.17) is 10.5 Å². The van der Waals surface area contributed by atoms with E-state index in [0.717, 1.165) is 17.0 Å². The van der Waals surface area contributed by atoms with Crippen LogP contribution in [0.1, 0.15) is 19.4 Å². The molecule has 0 unspecified atom stereocenters. The van der Waals surface area contributed by atoms with E-state index >= 15 is 0 Å². The van der Waals surface area contributed by atoms with Gasteiger partial charge in [0.05, 0.1) is 12.8 Å². The number of rotatable bonds is 5. The molecule has 0 saturated heterocycles. The van der Waals surface area contributed by atoms with Crippen LogP contribution in [0.5, 0.6) is 5.75 Å². The number of pyridine rings is 1. The largest absolute Gasteiger partial charge is 0.496 e. The zero-order valence-corrected chi connectivity index (χ0v) is 12.8. The molecule has 1 aromatic carbocycles. The summed E-state index contributed by atoms with van der Waals surface area (Å²) in [6.07, 6.45) is 0. The lowest BCUT2D eigenvalue weighted by Gasteiger charge is -2.18. The predicted molar refractivity (Wildman–Crippen MR) is 85.4 cm³/mol. The van der Waals surface area contributed by atoms with E-state index in [1.165, 1.54) is 0 Å². The molecule has 4 nitrogen and oxygen atoms in total. The van der Waals surface area contributed by atoms with Crippen LogP contribution >= 0.6 is 0 Å². The van der Waals surface area contributed by atoms with Crippen LogP contribution in [0.4, 0.5) is 0 Å². The highest BCUT2D eigenvalue weighted by atomic mass is 16.5. The number of nitrogens with two attached hydrogens (primary N) is 1. The summed E-state index contributed by atoms with van der Waals surface area (Å²) in [5, 5.41) is 0. The molecule has 112 valence electrons. The summed E-state index contributed by atoms with van der Waals surface area (Å²) in [5.41, 5.74) is 8.05. The van der Waals surface area contributed by atoms with E-state index < -0.39 is 0 Å². The number of benzene rings is 1. The number of methoxy groups -OCH3 is 1. The predicted octanol–water partition coefficient (Wildman–Crippen LogP) is 2.64. The average Bonchev–Trinajstić information content (AvgIpc) is 2.49. The molecule has 0 amide bonds. The van der Waals surface area contributed by atoms with E-state index in [0.29, 0.717) is 18.0 Å². The van der Waals surface area contributed by atoms with Crippen molar-refractivity contribution in [3.63, 3.8) is 0 Å². The normalized spacial score (nSPS) is 10.9. The average molecular weight is 286 g/mol. The van der Waals surface area contributed by atoms with Gasteiger partial charge in [-0.2, -0.15) is 0 Å². The maximum atomic E-state index is 12.6. The van der Waals surface area contributed by atoms with Crippen LogP contribution < -0.4 is 16.0 Å². The van der Waals surface area contributed by atoms with Crippen LogP contribution in [-0.2, 0) is 13.1 Å². The van der Waals surface area contributed by atoms with Crippen molar-refractivity contribution in [2.45, 2.75) is 26.9 Å². The van der Waals surface area contributed by atoms with Gasteiger partial charge in [-0.25, -0.2) is 0 Å². The number of ether oxygens (including phenoxy) is 1. The molecular formula is C17H22N2O2. The van der Waals surface area contributed by atoms with Crippen molar-refractivity contribution in [3.05, 3.63) is 52.3 Å². The topological polar surface area (TPSA) is 57.2 Å². The second-order valence-electron chi connectivity index (χ2n) is 5.46. The minimum absolute atomic E-state index is 0.0189. The Bertz CT molecular complexity index is 675. The fourth-order valence-corrected chi connectivity index (χ4v) is 2.42. The van der Waals surface area contributed by atoms with Gasteiger partial charge in [0.25, 0.3) is 5.56 Å². The van der Waals surface area contributed by atoms with Gasteiger partial charge in [0.2, 0.25) is 0 Å². The van der Waals surface area contributed by atoms with Crippen molar-refractivity contribution >= 4 is 0 Å². The first kappa shape index (κ1) is 15.3. The van der Waals surface area contributed by atoms with Gasteiger partial charge in [-0.3, -0.25) is 4.79 Å². The van der Waals surface area contributed by atoms with E-state index in [2.05, 4.69) is 13.8 Å². The van der Waals surface area contributed by atoms with Gasteiger partial charge < -0.3 is 15.0 Å². The molecule has 2 N–H and O–H groups in total. The molecule has 0 bridgehead atoms. The Morgan fingerprint density at radius 1 is 1.19 bits per heavy atom. The standard InChI is InChI=1S/C17H22N2O2/c1-12(2)11-19-15(9-8-13(10-18)17(19)20)14-6-4-5-7-16(14)21-3/h4-9,12H,10-11,18H2,1-3H3. The molecular weight excluding hydrogens is 264 g/mol. The van der Waals surface area contributed by atoms with E-state index in [1.54, 1.807) is 17.7 Å². The van der Waals surface area contributed by atoms with Crippen molar-refractivity contribution in [1.82, 2.24) is 4.57 Å². The molecule has 0 aliphatic heterocycles. The molecule has 2 rings (SSSR count). The first-order valence-electron chi connectivity index (χ1n) is 7.14. The Balaban J connectivity index is 2.68. The van der Waals surface area contributed by atoms with Crippen molar-refractivity contribution in [2.75, 3.05) is 7.11 Å². The van der Waals surface area contributed by atoms with Gasteiger partial charge >= 0.3 is 0 Å². The molecule has 1 heterocycles. The van der Waals surface area contributed by atoms with E-state index in [1.807, 2.05) is 30.3 Å². The molecule has 2 aromatic rings. The number of para-hydroxylation sites is 1. The van der Waals surface area contributed by atoms with Gasteiger partial charge in [-0.1, -0.05) is 32.0 Å². The quantitative estimate of drug-likeness (QED) is 0.919. The third kappa shape index (κ3) is 3.16. The number of hydrogen-bond acceptors (Lipinski definition) is 3. The molecule has 0 aliphatic carbocycles. The van der Waals surface area contributed by atoms with Gasteiger partial charge in [0.1, 0.15) is 5.75 Å². The van der Waals surface area contributed by atoms with Gasteiger partial charge in [0, 0.05) is 24.2 Å². The SMILES string of the molecule is COc1ccccc1-c1ccc(CN)c(=O)n1CC(C)C. The fraction of sp³-hybridized carbons (Fsp3) is 0.353. The molecule has 0 fully saturated rings. The van der Waals surface area contributed by atoms with Crippen LogP contribution in [-0.4, -0.2) is 11.7 Å². The van der Waals surface area contributed by atoms with Crippen molar-refractivity contribution < 1.29 is 4.74 Å². The molecule has 0 radical (unpaired) electrons. The van der Waals surface area contributed by atoms with E-state index in [-0.39, 0.29) is 12.1 Å². The maximum absolute atomic E-state index is 12.6. The summed E-state index contributed by atoms with van der Waals surface area (Å²) in [5.74, 6) is 1.12. The zero-order valence-electron chi connectivity index (χ0n) is 12.8. The van der Waals surface area contributed by atoms with Crippen molar-refractivity contribution in [1.29, 1.82) is 0 Å². The minimum Gasteiger partial charge on any atom is -0.496 e. The molecule has 21 heavy (non-hydrogen) atoms. The number of nitrogens with zero attached hydrogens (tertiary/aromatic N) is 1. The highest BCUT2D eigenvalue weighted by Gasteiger charge is 2.14. The Kier molecular flexibility index (Phi) is 4.81. The summed E-state index contributed by atoms with van der Waals surface area (Å²) < 4.78 is 7.21. The van der Waals surface area contributed by atoms with Gasteiger partial charge in [0.15, 0.2) is 0 Å². The lowest BCUT2D eigenvalue weighted by molar-refractivity contribution is 0.415. The minimum atomic E-state index is -0.0189. The summed E-state index contributed by atoms with van der Waals surface area (Å²) in [7, 11) is 1.64. The lowest BCUT2D eigenvalue weighted by Crippen LogP contribution is -2.28. The first-order valence-corrected chi connectivity index (χ1v) is 7.14. The Hall–Kier alpha value is -2.07. The van der Waals surface area contributed by atoms with Gasteiger partial charge in [-0.15, -0.1) is 0 Å². The maximum Gasteiger partial charge on any atom is 0.255 e. The second-order valence-corrected chi connectivity index (χ2v) is 5.46. The molecule has 0 aliphatic rings. The van der Waals surface area contributed by atoms with Crippen molar-refractivity contribution in [2.24, 2.45) is 11.7 Å². The second kappa shape index (κ2) is 6.59. The molecule has 4 heteroatoms. The summed E-state index contributed by atoms with van der Waals surface area (Å²) in [6.45, 7) is 5.09. The molecule has 1 aromatic heterocycles. The third-order valence-electron chi connectivity index (χ3n) is 3.40. The van der Waals surface area contributed by atoms with Crippen molar-refractivity contribution in [3.8, 4) is 17.0 Å². The van der Waals surface area contributed by atoms with Crippen LogP contribution in [0.25, 0.3) is 11.3 Å². The third-order valence-corrected chi connectivity index (χ3v) is 3.40. The van der Waals surface area contributed by atoms with Crippen LogP contribution in [0.2, 0.25) is 0 Å². The van der Waals surface area contributed by atoms with Crippen LogP contribution in [0, 0.1) is 5.92 Å². The summed E-state index contributed by atoms with van der Waals surface area (Å²) >= 11 is 0. The zero-order chi connectivity index (χ0) is 15.4. The summed E-state index contributed by atoms with van der Waals surface area (Å²) in [6, 6.07) is 11.5. The number of aromatic nitrogens is 1.